The van der Waals surface area contributed by atoms with Crippen molar-refractivity contribution in [3.05, 3.63) is 47.0 Å². The minimum atomic E-state index is -0.585. The van der Waals surface area contributed by atoms with Crippen LogP contribution in [-0.2, 0) is 16.1 Å². The van der Waals surface area contributed by atoms with E-state index in [-0.39, 0.29) is 23.1 Å². The zero-order valence-electron chi connectivity index (χ0n) is 12.8. The number of primary amides is 1. The van der Waals surface area contributed by atoms with E-state index in [4.69, 9.17) is 5.73 Å². The van der Waals surface area contributed by atoms with Gasteiger partial charge in [-0.1, -0.05) is 41.7 Å². The van der Waals surface area contributed by atoms with E-state index in [1.165, 1.54) is 6.20 Å². The number of nitrogens with one attached hydrogen (secondary N) is 1. The van der Waals surface area contributed by atoms with Gasteiger partial charge in [0, 0.05) is 19.5 Å². The summed E-state index contributed by atoms with van der Waals surface area (Å²) >= 11 is 1.02. The molecule has 0 spiro atoms. The molecule has 124 valence electrons. The number of nitrogens with zero attached hydrogens (tertiary/aromatic N) is 2. The summed E-state index contributed by atoms with van der Waals surface area (Å²) in [7, 11) is 0. The third-order valence-corrected chi connectivity index (χ3v) is 4.71. The highest BCUT2D eigenvalue weighted by molar-refractivity contribution is 7.17. The number of aromatic nitrogens is 1. The minimum absolute atomic E-state index is 0.0454. The SMILES string of the molecule is NC(=O)c1cnc(NC(=O)C2CC(=O)N(Cc3ccccc3)C2)s1. The van der Waals surface area contributed by atoms with Crippen molar-refractivity contribution in [2.45, 2.75) is 13.0 Å². The van der Waals surface area contributed by atoms with E-state index >= 15 is 0 Å². The number of hydrogen-bond donors (Lipinski definition) is 2. The Morgan fingerprint density at radius 1 is 1.33 bits per heavy atom. The summed E-state index contributed by atoms with van der Waals surface area (Å²) < 4.78 is 0. The average molecular weight is 344 g/mol. The smallest absolute Gasteiger partial charge is 0.260 e. The third kappa shape index (κ3) is 3.60. The molecule has 1 fully saturated rings. The Morgan fingerprint density at radius 2 is 2.08 bits per heavy atom. The first-order chi connectivity index (χ1) is 11.5. The standard InChI is InChI=1S/C16H16N4O3S/c17-14(22)12-7-18-16(24-12)19-15(23)11-6-13(21)20(9-11)8-10-4-2-1-3-5-10/h1-5,7,11H,6,8-9H2,(H2,17,22)(H,18,19,23). The van der Waals surface area contributed by atoms with Crippen LogP contribution in [0.2, 0.25) is 0 Å². The number of hydrogen-bond acceptors (Lipinski definition) is 5. The van der Waals surface area contributed by atoms with Crippen LogP contribution in [0.1, 0.15) is 21.7 Å². The molecule has 0 aliphatic carbocycles. The quantitative estimate of drug-likeness (QED) is 0.851. The Hall–Kier alpha value is -2.74. The topological polar surface area (TPSA) is 105 Å². The van der Waals surface area contributed by atoms with E-state index in [0.29, 0.717) is 18.2 Å². The first-order valence-corrected chi connectivity index (χ1v) is 8.23. The number of carbonyl (C=O) groups excluding carboxylic acids is 3. The summed E-state index contributed by atoms with van der Waals surface area (Å²) in [6.45, 7) is 0.861. The van der Waals surface area contributed by atoms with Gasteiger partial charge in [-0.05, 0) is 5.56 Å². The molecule has 1 saturated heterocycles. The molecular weight excluding hydrogens is 328 g/mol. The Morgan fingerprint density at radius 3 is 2.75 bits per heavy atom. The summed E-state index contributed by atoms with van der Waals surface area (Å²) in [5, 5.41) is 2.95. The maximum absolute atomic E-state index is 12.3. The van der Waals surface area contributed by atoms with Gasteiger partial charge in [0.2, 0.25) is 11.8 Å². The van der Waals surface area contributed by atoms with E-state index in [9.17, 15) is 14.4 Å². The van der Waals surface area contributed by atoms with Gasteiger partial charge in [0.25, 0.3) is 5.91 Å². The molecule has 1 unspecified atom stereocenters. The molecule has 1 aromatic carbocycles. The summed E-state index contributed by atoms with van der Waals surface area (Å²) in [6, 6.07) is 9.64. The van der Waals surface area contributed by atoms with E-state index < -0.39 is 11.8 Å². The van der Waals surface area contributed by atoms with E-state index in [2.05, 4.69) is 10.3 Å². The van der Waals surface area contributed by atoms with Crippen LogP contribution in [0, 0.1) is 5.92 Å². The summed E-state index contributed by atoms with van der Waals surface area (Å²) in [5.74, 6) is -1.33. The third-order valence-electron chi connectivity index (χ3n) is 3.78. The average Bonchev–Trinajstić information content (AvgIpc) is 3.16. The van der Waals surface area contributed by atoms with Gasteiger partial charge in [-0.25, -0.2) is 4.98 Å². The zero-order valence-corrected chi connectivity index (χ0v) is 13.6. The van der Waals surface area contributed by atoms with Gasteiger partial charge in [-0.15, -0.1) is 0 Å². The van der Waals surface area contributed by atoms with Gasteiger partial charge >= 0.3 is 0 Å². The molecule has 2 heterocycles. The second kappa shape index (κ2) is 6.79. The lowest BCUT2D eigenvalue weighted by Crippen LogP contribution is -2.28. The molecule has 3 rings (SSSR count). The van der Waals surface area contributed by atoms with Gasteiger partial charge in [0.05, 0.1) is 12.1 Å². The molecule has 1 aliphatic rings. The Balaban J connectivity index is 1.60. The van der Waals surface area contributed by atoms with Gasteiger partial charge in [0.1, 0.15) is 4.88 Å². The number of likely N-dealkylation sites (tertiary alicyclic amines) is 1. The lowest BCUT2D eigenvalue weighted by Gasteiger charge is -2.16. The molecule has 0 radical (unpaired) electrons. The second-order valence-corrected chi connectivity index (χ2v) is 6.57. The van der Waals surface area contributed by atoms with Crippen molar-refractivity contribution in [1.29, 1.82) is 0 Å². The molecule has 3 N–H and O–H groups in total. The maximum atomic E-state index is 12.3. The molecule has 3 amide bonds. The minimum Gasteiger partial charge on any atom is -0.365 e. The van der Waals surface area contributed by atoms with Gasteiger partial charge in [-0.2, -0.15) is 0 Å². The van der Waals surface area contributed by atoms with Crippen molar-refractivity contribution in [2.75, 3.05) is 11.9 Å². The van der Waals surface area contributed by atoms with E-state index in [0.717, 1.165) is 16.9 Å². The number of amides is 3. The van der Waals surface area contributed by atoms with Crippen LogP contribution in [-0.4, -0.2) is 34.2 Å². The Labute approximate surface area is 142 Å². The molecule has 1 aliphatic heterocycles. The molecular formula is C16H16N4O3S. The van der Waals surface area contributed by atoms with Crippen LogP contribution in [0.25, 0.3) is 0 Å². The maximum Gasteiger partial charge on any atom is 0.260 e. The van der Waals surface area contributed by atoms with Crippen molar-refractivity contribution >= 4 is 34.2 Å². The molecule has 0 bridgehead atoms. The predicted octanol–water partition coefficient (Wildman–Crippen LogP) is 1.23. The fourth-order valence-corrected chi connectivity index (χ4v) is 3.23. The van der Waals surface area contributed by atoms with Crippen LogP contribution in [0.15, 0.2) is 36.5 Å². The number of thiazole rings is 1. The van der Waals surface area contributed by atoms with Crippen LogP contribution < -0.4 is 11.1 Å². The van der Waals surface area contributed by atoms with Crippen LogP contribution in [0.4, 0.5) is 5.13 Å². The highest BCUT2D eigenvalue weighted by Crippen LogP contribution is 2.23. The highest BCUT2D eigenvalue weighted by atomic mass is 32.1. The monoisotopic (exact) mass is 344 g/mol. The van der Waals surface area contributed by atoms with Crippen molar-refractivity contribution in [1.82, 2.24) is 9.88 Å². The fourth-order valence-electron chi connectivity index (χ4n) is 2.56. The fraction of sp³-hybridized carbons (Fsp3) is 0.250. The van der Waals surface area contributed by atoms with Crippen molar-refractivity contribution in [3.63, 3.8) is 0 Å². The highest BCUT2D eigenvalue weighted by Gasteiger charge is 2.34. The number of rotatable bonds is 5. The second-order valence-electron chi connectivity index (χ2n) is 5.54. The number of benzene rings is 1. The molecule has 2 aromatic rings. The lowest BCUT2D eigenvalue weighted by atomic mass is 10.1. The lowest BCUT2D eigenvalue weighted by molar-refractivity contribution is -0.128. The molecule has 8 heteroatoms. The van der Waals surface area contributed by atoms with Crippen molar-refractivity contribution in [3.8, 4) is 0 Å². The van der Waals surface area contributed by atoms with Gasteiger partial charge in [-0.3, -0.25) is 14.4 Å². The van der Waals surface area contributed by atoms with E-state index in [1.54, 1.807) is 4.90 Å². The number of nitrogens with two attached hydrogens (primary N) is 1. The summed E-state index contributed by atoms with van der Waals surface area (Å²) in [6.07, 6.45) is 1.50. The van der Waals surface area contributed by atoms with Crippen LogP contribution in [0.5, 0.6) is 0 Å². The van der Waals surface area contributed by atoms with Gasteiger partial charge < -0.3 is 16.0 Å². The first kappa shape index (κ1) is 16.1. The molecule has 24 heavy (non-hydrogen) atoms. The summed E-state index contributed by atoms with van der Waals surface area (Å²) in [4.78, 5) is 41.3. The largest absolute Gasteiger partial charge is 0.365 e. The van der Waals surface area contributed by atoms with E-state index in [1.807, 2.05) is 30.3 Å². The number of carbonyl (C=O) groups is 3. The van der Waals surface area contributed by atoms with Crippen LogP contribution in [0.3, 0.4) is 0 Å². The van der Waals surface area contributed by atoms with Crippen LogP contribution >= 0.6 is 11.3 Å². The summed E-state index contributed by atoms with van der Waals surface area (Å²) in [5.41, 5.74) is 6.18. The molecule has 0 saturated carbocycles. The normalized spacial score (nSPS) is 17.1. The first-order valence-electron chi connectivity index (χ1n) is 7.41. The van der Waals surface area contributed by atoms with Crippen molar-refractivity contribution in [2.24, 2.45) is 11.7 Å². The Bertz CT molecular complexity index is 775. The Kier molecular flexibility index (Phi) is 4.57. The van der Waals surface area contributed by atoms with Crippen molar-refractivity contribution < 1.29 is 14.4 Å². The predicted molar refractivity (Wildman–Crippen MR) is 89.2 cm³/mol. The number of anilines is 1. The molecule has 1 atom stereocenters. The molecule has 1 aromatic heterocycles. The van der Waals surface area contributed by atoms with Gasteiger partial charge in [0.15, 0.2) is 5.13 Å². The zero-order chi connectivity index (χ0) is 17.1. The molecule has 7 nitrogen and oxygen atoms in total.